The third-order valence-corrected chi connectivity index (χ3v) is 4.38. The van der Waals surface area contributed by atoms with Gasteiger partial charge in [-0.05, 0) is 50.7 Å². The highest BCUT2D eigenvalue weighted by Gasteiger charge is 2.10. The van der Waals surface area contributed by atoms with Crippen LogP contribution >= 0.6 is 50.1 Å². The van der Waals surface area contributed by atoms with Crippen LogP contribution in [0.25, 0.3) is 0 Å². The topological polar surface area (TPSA) is 26.3 Å². The SMILES string of the molecule is COC(=O)c1cc(Cl)c(Br)c(I)c1. The zero-order chi connectivity index (χ0) is 10.0. The van der Waals surface area contributed by atoms with Gasteiger partial charge >= 0.3 is 5.97 Å². The first kappa shape index (κ1) is 11.3. The molecule has 0 aromatic heterocycles. The number of methoxy groups -OCH3 is 1. The summed E-state index contributed by atoms with van der Waals surface area (Å²) in [5.74, 6) is -0.382. The Kier molecular flexibility index (Phi) is 4.00. The molecule has 0 saturated carbocycles. The average Bonchev–Trinajstić information content (AvgIpc) is 2.12. The van der Waals surface area contributed by atoms with Crippen molar-refractivity contribution in [2.24, 2.45) is 0 Å². The number of benzene rings is 1. The highest BCUT2D eigenvalue weighted by molar-refractivity contribution is 14.1. The Morgan fingerprint density at radius 2 is 2.23 bits per heavy atom. The van der Waals surface area contributed by atoms with E-state index in [0.717, 1.165) is 8.04 Å². The maximum Gasteiger partial charge on any atom is 0.337 e. The van der Waals surface area contributed by atoms with Crippen molar-refractivity contribution < 1.29 is 9.53 Å². The van der Waals surface area contributed by atoms with Crippen molar-refractivity contribution in [2.75, 3.05) is 7.11 Å². The quantitative estimate of drug-likeness (QED) is 0.427. The summed E-state index contributed by atoms with van der Waals surface area (Å²) in [6, 6.07) is 3.28. The number of carbonyl (C=O) groups is 1. The van der Waals surface area contributed by atoms with Crippen molar-refractivity contribution in [1.29, 1.82) is 0 Å². The van der Waals surface area contributed by atoms with E-state index in [0.29, 0.717) is 10.6 Å². The van der Waals surface area contributed by atoms with Crippen LogP contribution in [0.4, 0.5) is 0 Å². The van der Waals surface area contributed by atoms with E-state index >= 15 is 0 Å². The van der Waals surface area contributed by atoms with Gasteiger partial charge in [0.05, 0.1) is 17.7 Å². The van der Waals surface area contributed by atoms with Gasteiger partial charge < -0.3 is 4.74 Å². The minimum atomic E-state index is -0.382. The Labute approximate surface area is 103 Å². The fourth-order valence-corrected chi connectivity index (χ4v) is 2.02. The first-order valence-corrected chi connectivity index (χ1v) is 5.54. The van der Waals surface area contributed by atoms with E-state index in [2.05, 4.69) is 43.3 Å². The van der Waals surface area contributed by atoms with Crippen LogP contribution in [0.5, 0.6) is 0 Å². The summed E-state index contributed by atoms with van der Waals surface area (Å²) in [6.07, 6.45) is 0. The van der Waals surface area contributed by atoms with Gasteiger partial charge in [0.25, 0.3) is 0 Å². The summed E-state index contributed by atoms with van der Waals surface area (Å²) >= 11 is 11.2. The standard InChI is InChI=1S/C8H5BrClIO2/c1-13-8(12)4-2-5(10)7(9)6(11)3-4/h2-3H,1H3. The molecular weight excluding hydrogens is 370 g/mol. The number of hydrogen-bond acceptors (Lipinski definition) is 2. The van der Waals surface area contributed by atoms with Crippen molar-refractivity contribution >= 4 is 56.1 Å². The van der Waals surface area contributed by atoms with Crippen molar-refractivity contribution in [2.45, 2.75) is 0 Å². The molecule has 2 nitrogen and oxygen atoms in total. The summed E-state index contributed by atoms with van der Waals surface area (Å²) < 4.78 is 6.24. The van der Waals surface area contributed by atoms with Crippen LogP contribution in [-0.2, 0) is 4.74 Å². The average molecular weight is 375 g/mol. The van der Waals surface area contributed by atoms with E-state index in [9.17, 15) is 4.79 Å². The van der Waals surface area contributed by atoms with Crippen LogP contribution in [0.15, 0.2) is 16.6 Å². The van der Waals surface area contributed by atoms with E-state index in [1.165, 1.54) is 7.11 Å². The van der Waals surface area contributed by atoms with Crippen molar-refractivity contribution in [3.05, 3.63) is 30.8 Å². The fraction of sp³-hybridized carbons (Fsp3) is 0.125. The lowest BCUT2D eigenvalue weighted by Gasteiger charge is -2.03. The van der Waals surface area contributed by atoms with Gasteiger partial charge in [0.15, 0.2) is 0 Å². The Bertz CT molecular complexity index is 331. The molecule has 1 aromatic carbocycles. The van der Waals surface area contributed by atoms with Crippen LogP contribution in [0, 0.1) is 3.57 Å². The molecule has 0 unspecified atom stereocenters. The van der Waals surface area contributed by atoms with Gasteiger partial charge in [0, 0.05) is 8.04 Å². The number of esters is 1. The van der Waals surface area contributed by atoms with Gasteiger partial charge in [-0.3, -0.25) is 0 Å². The zero-order valence-electron chi connectivity index (χ0n) is 6.61. The van der Waals surface area contributed by atoms with E-state index in [1.54, 1.807) is 12.1 Å². The molecule has 0 aliphatic carbocycles. The van der Waals surface area contributed by atoms with Crippen molar-refractivity contribution in [3.8, 4) is 0 Å². The molecule has 70 valence electrons. The second-order valence-corrected chi connectivity index (χ2v) is 4.61. The number of carbonyl (C=O) groups excluding carboxylic acids is 1. The van der Waals surface area contributed by atoms with Crippen LogP contribution < -0.4 is 0 Å². The predicted molar refractivity (Wildman–Crippen MR) is 63.2 cm³/mol. The van der Waals surface area contributed by atoms with Gasteiger partial charge in [0.1, 0.15) is 0 Å². The summed E-state index contributed by atoms with van der Waals surface area (Å²) in [7, 11) is 1.34. The molecule has 0 radical (unpaired) electrons. The Morgan fingerprint density at radius 1 is 1.62 bits per heavy atom. The lowest BCUT2D eigenvalue weighted by molar-refractivity contribution is 0.0600. The molecule has 0 bridgehead atoms. The number of rotatable bonds is 1. The van der Waals surface area contributed by atoms with E-state index in [1.807, 2.05) is 0 Å². The molecule has 0 N–H and O–H groups in total. The Morgan fingerprint density at radius 3 is 2.69 bits per heavy atom. The molecule has 13 heavy (non-hydrogen) atoms. The van der Waals surface area contributed by atoms with Gasteiger partial charge in [-0.25, -0.2) is 4.79 Å². The van der Waals surface area contributed by atoms with E-state index in [-0.39, 0.29) is 5.97 Å². The number of ether oxygens (including phenoxy) is 1. The molecule has 0 aliphatic rings. The molecular formula is C8H5BrClIO2. The van der Waals surface area contributed by atoms with Crippen LogP contribution in [0.2, 0.25) is 5.02 Å². The molecule has 0 fully saturated rings. The van der Waals surface area contributed by atoms with Crippen LogP contribution in [0.1, 0.15) is 10.4 Å². The monoisotopic (exact) mass is 374 g/mol. The highest BCUT2D eigenvalue weighted by atomic mass is 127. The lowest BCUT2D eigenvalue weighted by Crippen LogP contribution is -2.01. The summed E-state index contributed by atoms with van der Waals surface area (Å²) in [6.45, 7) is 0. The van der Waals surface area contributed by atoms with Gasteiger partial charge in [-0.1, -0.05) is 11.6 Å². The maximum atomic E-state index is 11.1. The molecule has 0 heterocycles. The smallest absolute Gasteiger partial charge is 0.337 e. The lowest BCUT2D eigenvalue weighted by atomic mass is 10.2. The summed E-state index contributed by atoms with van der Waals surface area (Å²) in [5.41, 5.74) is 0.458. The predicted octanol–water partition coefficient (Wildman–Crippen LogP) is 3.49. The van der Waals surface area contributed by atoms with Crippen molar-refractivity contribution in [3.63, 3.8) is 0 Å². The highest BCUT2D eigenvalue weighted by Crippen LogP contribution is 2.29. The van der Waals surface area contributed by atoms with Crippen LogP contribution in [-0.4, -0.2) is 13.1 Å². The van der Waals surface area contributed by atoms with Gasteiger partial charge in [-0.15, -0.1) is 0 Å². The largest absolute Gasteiger partial charge is 0.465 e. The Balaban J connectivity index is 3.20. The molecule has 0 aliphatic heterocycles. The van der Waals surface area contributed by atoms with Crippen LogP contribution in [0.3, 0.4) is 0 Å². The fourth-order valence-electron chi connectivity index (χ4n) is 0.791. The van der Waals surface area contributed by atoms with Gasteiger partial charge in [-0.2, -0.15) is 0 Å². The molecule has 0 saturated heterocycles. The molecule has 0 spiro atoms. The van der Waals surface area contributed by atoms with E-state index < -0.39 is 0 Å². The first-order valence-electron chi connectivity index (χ1n) is 3.29. The number of hydrogen-bond donors (Lipinski definition) is 0. The van der Waals surface area contributed by atoms with Crippen molar-refractivity contribution in [1.82, 2.24) is 0 Å². The van der Waals surface area contributed by atoms with E-state index in [4.69, 9.17) is 11.6 Å². The second kappa shape index (κ2) is 4.61. The molecule has 0 atom stereocenters. The molecule has 5 heteroatoms. The normalized spacial score (nSPS) is 9.85. The number of halogens is 3. The third kappa shape index (κ3) is 2.57. The third-order valence-electron chi connectivity index (χ3n) is 1.40. The molecule has 1 rings (SSSR count). The molecule has 1 aromatic rings. The second-order valence-electron chi connectivity index (χ2n) is 2.25. The maximum absolute atomic E-state index is 11.1. The van der Waals surface area contributed by atoms with Gasteiger partial charge in [0.2, 0.25) is 0 Å². The summed E-state index contributed by atoms with van der Waals surface area (Å²) in [5, 5.41) is 0.507. The minimum absolute atomic E-state index is 0.382. The Hall–Kier alpha value is 0.190. The minimum Gasteiger partial charge on any atom is -0.465 e. The first-order chi connectivity index (χ1) is 6.06. The zero-order valence-corrected chi connectivity index (χ0v) is 11.1. The summed E-state index contributed by atoms with van der Waals surface area (Å²) in [4.78, 5) is 11.1. The molecule has 0 amide bonds.